The quantitative estimate of drug-likeness (QED) is 0.907. The van der Waals surface area contributed by atoms with E-state index in [1.807, 2.05) is 13.8 Å². The van der Waals surface area contributed by atoms with Crippen LogP contribution in [0.2, 0.25) is 0 Å². The van der Waals surface area contributed by atoms with E-state index in [9.17, 15) is 18.0 Å². The molecule has 0 aliphatic heterocycles. The van der Waals surface area contributed by atoms with Crippen molar-refractivity contribution in [3.8, 4) is 17.3 Å². The van der Waals surface area contributed by atoms with Crippen LogP contribution in [0.1, 0.15) is 29.9 Å². The molecular weight excluding hydrogens is 323 g/mol. The van der Waals surface area contributed by atoms with Gasteiger partial charge in [-0.3, -0.25) is 4.79 Å². The lowest BCUT2D eigenvalue weighted by molar-refractivity contribution is -0.137. The molecule has 1 heterocycles. The van der Waals surface area contributed by atoms with E-state index < -0.39 is 17.6 Å². The number of hydrogen-bond donors (Lipinski definition) is 1. The molecule has 0 saturated carbocycles. The second kappa shape index (κ2) is 6.86. The predicted molar refractivity (Wildman–Crippen MR) is 81.3 cm³/mol. The fourth-order valence-electron chi connectivity index (χ4n) is 1.83. The first kappa shape index (κ1) is 17.7. The summed E-state index contributed by atoms with van der Waals surface area (Å²) in [4.78, 5) is 19.4. The zero-order chi connectivity index (χ0) is 17.9. The normalized spacial score (nSPS) is 11.6. The topological polar surface area (TPSA) is 78.1 Å². The molecule has 0 atom stereocenters. The third kappa shape index (κ3) is 4.43. The molecule has 2 N–H and O–H groups in total. The van der Waals surface area contributed by atoms with Crippen LogP contribution in [0.25, 0.3) is 11.3 Å². The highest BCUT2D eigenvalue weighted by Gasteiger charge is 2.30. The van der Waals surface area contributed by atoms with Gasteiger partial charge in [0.25, 0.3) is 5.91 Å². The Morgan fingerprint density at radius 1 is 1.21 bits per heavy atom. The van der Waals surface area contributed by atoms with Gasteiger partial charge in [-0.25, -0.2) is 0 Å². The van der Waals surface area contributed by atoms with Gasteiger partial charge in [0.05, 0.1) is 17.9 Å². The van der Waals surface area contributed by atoms with Crippen molar-refractivity contribution in [2.24, 2.45) is 11.7 Å². The van der Waals surface area contributed by atoms with E-state index in [-0.39, 0.29) is 23.3 Å². The van der Waals surface area contributed by atoms with Gasteiger partial charge in [0.1, 0.15) is 5.69 Å². The number of nitrogens with two attached hydrogens (primary N) is 1. The van der Waals surface area contributed by atoms with Crippen LogP contribution in [0, 0.1) is 5.92 Å². The number of rotatable bonds is 5. The zero-order valence-electron chi connectivity index (χ0n) is 13.1. The van der Waals surface area contributed by atoms with E-state index in [4.69, 9.17) is 10.5 Å². The van der Waals surface area contributed by atoms with E-state index in [0.717, 1.165) is 12.1 Å². The van der Waals surface area contributed by atoms with Crippen molar-refractivity contribution in [3.05, 3.63) is 41.6 Å². The average Bonchev–Trinajstić information content (AvgIpc) is 2.52. The summed E-state index contributed by atoms with van der Waals surface area (Å²) in [6.07, 6.45) is -4.42. The van der Waals surface area contributed by atoms with Crippen molar-refractivity contribution >= 4 is 5.91 Å². The Bertz CT molecular complexity index is 728. The summed E-state index contributed by atoms with van der Waals surface area (Å²) in [5.41, 5.74) is 5.04. The molecule has 1 aromatic heterocycles. The zero-order valence-corrected chi connectivity index (χ0v) is 13.1. The number of carbonyl (C=O) groups excluding carboxylic acids is 1. The van der Waals surface area contributed by atoms with Gasteiger partial charge in [-0.1, -0.05) is 26.0 Å². The monoisotopic (exact) mass is 339 g/mol. The first-order valence-corrected chi connectivity index (χ1v) is 7.16. The Morgan fingerprint density at radius 3 is 2.33 bits per heavy atom. The number of ether oxygens (including phenoxy) is 1. The standard InChI is InChI=1S/C16H16F3N3O2/c1-9(2)8-24-15-21-12(7-13(22-15)14(20)23)10-3-5-11(6-4-10)16(17,18)19/h3-7,9H,8H2,1-2H3,(H2,20,23). The number of primary amides is 1. The summed E-state index contributed by atoms with van der Waals surface area (Å²) in [5.74, 6) is -0.569. The molecule has 128 valence electrons. The minimum atomic E-state index is -4.42. The van der Waals surface area contributed by atoms with Crippen LogP contribution in [-0.2, 0) is 6.18 Å². The first-order valence-electron chi connectivity index (χ1n) is 7.16. The molecule has 0 spiro atoms. The molecule has 0 fully saturated rings. The van der Waals surface area contributed by atoms with Crippen LogP contribution < -0.4 is 10.5 Å². The number of halogens is 3. The molecule has 0 unspecified atom stereocenters. The molecule has 8 heteroatoms. The number of benzene rings is 1. The van der Waals surface area contributed by atoms with Gasteiger partial charge in [0, 0.05) is 5.56 Å². The Morgan fingerprint density at radius 2 is 1.83 bits per heavy atom. The lowest BCUT2D eigenvalue weighted by atomic mass is 10.1. The van der Waals surface area contributed by atoms with Crippen LogP contribution >= 0.6 is 0 Å². The Balaban J connectivity index is 2.39. The third-order valence-electron chi connectivity index (χ3n) is 3.01. The molecule has 0 radical (unpaired) electrons. The number of hydrogen-bond acceptors (Lipinski definition) is 4. The van der Waals surface area contributed by atoms with Gasteiger partial charge in [0.2, 0.25) is 0 Å². The van der Waals surface area contributed by atoms with E-state index in [0.29, 0.717) is 12.2 Å². The van der Waals surface area contributed by atoms with E-state index in [1.54, 1.807) is 0 Å². The van der Waals surface area contributed by atoms with Gasteiger partial charge in [-0.2, -0.15) is 23.1 Å². The van der Waals surface area contributed by atoms with Crippen molar-refractivity contribution in [1.82, 2.24) is 9.97 Å². The Labute approximate surface area is 136 Å². The lowest BCUT2D eigenvalue weighted by Crippen LogP contribution is -2.15. The van der Waals surface area contributed by atoms with Gasteiger partial charge in [-0.15, -0.1) is 0 Å². The van der Waals surface area contributed by atoms with Crippen LogP contribution in [0.5, 0.6) is 6.01 Å². The SMILES string of the molecule is CC(C)COc1nc(C(N)=O)cc(-c2ccc(C(F)(F)F)cc2)n1. The second-order valence-corrected chi connectivity index (χ2v) is 5.57. The smallest absolute Gasteiger partial charge is 0.416 e. The van der Waals surface area contributed by atoms with Crippen molar-refractivity contribution < 1.29 is 22.7 Å². The van der Waals surface area contributed by atoms with Crippen LogP contribution in [0.15, 0.2) is 30.3 Å². The molecule has 0 bridgehead atoms. The summed E-state index contributed by atoms with van der Waals surface area (Å²) in [5, 5.41) is 0. The van der Waals surface area contributed by atoms with Gasteiger partial charge < -0.3 is 10.5 Å². The van der Waals surface area contributed by atoms with Gasteiger partial charge in [0.15, 0.2) is 0 Å². The highest BCUT2D eigenvalue weighted by atomic mass is 19.4. The molecule has 5 nitrogen and oxygen atoms in total. The maximum atomic E-state index is 12.6. The molecule has 1 amide bonds. The van der Waals surface area contributed by atoms with Crippen LogP contribution in [-0.4, -0.2) is 22.5 Å². The molecule has 0 saturated heterocycles. The number of carbonyl (C=O) groups is 1. The number of nitrogens with zero attached hydrogens (tertiary/aromatic N) is 2. The maximum absolute atomic E-state index is 12.6. The van der Waals surface area contributed by atoms with Gasteiger partial charge >= 0.3 is 12.2 Å². The van der Waals surface area contributed by atoms with Crippen molar-refractivity contribution in [2.75, 3.05) is 6.61 Å². The predicted octanol–water partition coefficient (Wildman–Crippen LogP) is 3.30. The summed E-state index contributed by atoms with van der Waals surface area (Å²) in [6.45, 7) is 4.18. The average molecular weight is 339 g/mol. The van der Waals surface area contributed by atoms with Crippen molar-refractivity contribution in [2.45, 2.75) is 20.0 Å². The van der Waals surface area contributed by atoms with Crippen LogP contribution in [0.3, 0.4) is 0 Å². The largest absolute Gasteiger partial charge is 0.463 e. The van der Waals surface area contributed by atoms with Crippen molar-refractivity contribution in [3.63, 3.8) is 0 Å². The second-order valence-electron chi connectivity index (χ2n) is 5.57. The molecular formula is C16H16F3N3O2. The lowest BCUT2D eigenvalue weighted by Gasteiger charge is -2.10. The summed E-state index contributed by atoms with van der Waals surface area (Å²) >= 11 is 0. The highest BCUT2D eigenvalue weighted by molar-refractivity contribution is 5.91. The molecule has 2 aromatic rings. The summed E-state index contributed by atoms with van der Waals surface area (Å²) in [7, 11) is 0. The highest BCUT2D eigenvalue weighted by Crippen LogP contribution is 2.31. The minimum absolute atomic E-state index is 0.0464. The fourth-order valence-corrected chi connectivity index (χ4v) is 1.83. The molecule has 2 rings (SSSR count). The number of amides is 1. The molecule has 0 aliphatic rings. The summed E-state index contributed by atoms with van der Waals surface area (Å²) < 4.78 is 43.3. The fraction of sp³-hybridized carbons (Fsp3) is 0.312. The molecule has 1 aromatic carbocycles. The van der Waals surface area contributed by atoms with Gasteiger partial charge in [-0.05, 0) is 24.1 Å². The van der Waals surface area contributed by atoms with Crippen LogP contribution in [0.4, 0.5) is 13.2 Å². The van der Waals surface area contributed by atoms with E-state index in [2.05, 4.69) is 9.97 Å². The maximum Gasteiger partial charge on any atom is 0.416 e. The first-order chi connectivity index (χ1) is 11.2. The van der Waals surface area contributed by atoms with Crippen molar-refractivity contribution in [1.29, 1.82) is 0 Å². The molecule has 24 heavy (non-hydrogen) atoms. The number of aromatic nitrogens is 2. The third-order valence-corrected chi connectivity index (χ3v) is 3.01. The van der Waals surface area contributed by atoms with E-state index >= 15 is 0 Å². The Kier molecular flexibility index (Phi) is 5.06. The molecule has 0 aliphatic carbocycles. The minimum Gasteiger partial charge on any atom is -0.463 e. The van der Waals surface area contributed by atoms with E-state index in [1.165, 1.54) is 18.2 Å². The summed E-state index contributed by atoms with van der Waals surface area (Å²) in [6, 6.07) is 5.68. The number of alkyl halides is 3. The Hall–Kier alpha value is -2.64.